The van der Waals surface area contributed by atoms with Gasteiger partial charge >= 0.3 is 0 Å². The Morgan fingerprint density at radius 2 is 1.58 bits per heavy atom. The van der Waals surface area contributed by atoms with Gasteiger partial charge in [0.15, 0.2) is 5.11 Å². The number of thiocarbonyl (C=S) groups is 1. The fourth-order valence-corrected chi connectivity index (χ4v) is 4.75. The zero-order valence-electron chi connectivity index (χ0n) is 21.5. The Bertz CT molecular complexity index is 647. The Balaban J connectivity index is 1.52. The standard InChI is InChI=1S/C27H47N3O2S/c1-5-6-9-20-29(2)21-10-7-8-11-22-32-26-18-14-24(15-19-26)30(3)27(33)28-23-12-16-25(31-4)17-13-23/h12-13,16-17,24,26H,5-11,14-15,18-22H2,1-4H3,(H,28,33)/t24-,26-. The monoisotopic (exact) mass is 477 g/mol. The molecule has 188 valence electrons. The first-order valence-corrected chi connectivity index (χ1v) is 13.4. The molecular formula is C27H47N3O2S. The average molecular weight is 478 g/mol. The van der Waals surface area contributed by atoms with Crippen molar-refractivity contribution in [2.24, 2.45) is 0 Å². The first-order chi connectivity index (χ1) is 16.0. The summed E-state index contributed by atoms with van der Waals surface area (Å²) in [6.45, 7) is 5.66. The number of anilines is 1. The topological polar surface area (TPSA) is 37.0 Å². The zero-order valence-corrected chi connectivity index (χ0v) is 22.3. The van der Waals surface area contributed by atoms with Crippen molar-refractivity contribution in [1.82, 2.24) is 9.80 Å². The maximum Gasteiger partial charge on any atom is 0.173 e. The van der Waals surface area contributed by atoms with E-state index in [-0.39, 0.29) is 0 Å². The van der Waals surface area contributed by atoms with Gasteiger partial charge in [0.05, 0.1) is 13.2 Å². The molecule has 0 amide bonds. The minimum absolute atomic E-state index is 0.419. The highest BCUT2D eigenvalue weighted by Gasteiger charge is 2.25. The van der Waals surface area contributed by atoms with E-state index in [2.05, 4.69) is 36.1 Å². The normalized spacial score (nSPS) is 18.3. The van der Waals surface area contributed by atoms with Gasteiger partial charge < -0.3 is 24.6 Å². The zero-order chi connectivity index (χ0) is 23.9. The van der Waals surface area contributed by atoms with E-state index in [0.29, 0.717) is 12.1 Å². The molecule has 6 heteroatoms. The van der Waals surface area contributed by atoms with Crippen molar-refractivity contribution < 1.29 is 9.47 Å². The second-order valence-corrected chi connectivity index (χ2v) is 9.88. The minimum Gasteiger partial charge on any atom is -0.497 e. The Kier molecular flexibility index (Phi) is 13.8. The summed E-state index contributed by atoms with van der Waals surface area (Å²) in [4.78, 5) is 4.70. The molecule has 0 atom stereocenters. The highest BCUT2D eigenvalue weighted by Crippen LogP contribution is 2.25. The number of rotatable bonds is 15. The number of nitrogens with one attached hydrogen (secondary N) is 1. The second kappa shape index (κ2) is 16.3. The van der Waals surface area contributed by atoms with Crippen molar-refractivity contribution in [3.05, 3.63) is 24.3 Å². The van der Waals surface area contributed by atoms with E-state index in [0.717, 1.165) is 48.8 Å². The predicted molar refractivity (Wildman–Crippen MR) is 144 cm³/mol. The SMILES string of the molecule is CCCCCN(C)CCCCCCO[C@H]1CC[C@H](N(C)C(=S)Nc2ccc(OC)cc2)CC1. The van der Waals surface area contributed by atoms with Crippen molar-refractivity contribution in [2.45, 2.75) is 89.7 Å². The first-order valence-electron chi connectivity index (χ1n) is 13.0. The summed E-state index contributed by atoms with van der Waals surface area (Å²) in [5, 5.41) is 4.13. The summed E-state index contributed by atoms with van der Waals surface area (Å²) in [7, 11) is 6.04. The van der Waals surface area contributed by atoms with Gasteiger partial charge in [-0.2, -0.15) is 0 Å². The molecule has 0 heterocycles. The average Bonchev–Trinajstić information content (AvgIpc) is 2.84. The molecule has 1 saturated carbocycles. The molecule has 5 nitrogen and oxygen atoms in total. The molecule has 0 aromatic heterocycles. The summed E-state index contributed by atoms with van der Waals surface area (Å²) in [6.07, 6.45) is 14.0. The summed E-state index contributed by atoms with van der Waals surface area (Å²) >= 11 is 5.64. The number of unbranched alkanes of at least 4 members (excludes halogenated alkanes) is 5. The lowest BCUT2D eigenvalue weighted by molar-refractivity contribution is 0.0149. The fourth-order valence-electron chi connectivity index (χ4n) is 4.48. The van der Waals surface area contributed by atoms with Crippen LogP contribution in [-0.4, -0.2) is 68.0 Å². The summed E-state index contributed by atoms with van der Waals surface area (Å²) in [5.74, 6) is 0.851. The third kappa shape index (κ3) is 11.1. The highest BCUT2D eigenvalue weighted by molar-refractivity contribution is 7.80. The summed E-state index contributed by atoms with van der Waals surface area (Å²) in [5.41, 5.74) is 0.993. The highest BCUT2D eigenvalue weighted by atomic mass is 32.1. The van der Waals surface area contributed by atoms with Gasteiger partial charge in [0, 0.05) is 25.4 Å². The number of ether oxygens (including phenoxy) is 2. The van der Waals surface area contributed by atoms with Gasteiger partial charge in [0.2, 0.25) is 0 Å². The number of benzene rings is 1. The van der Waals surface area contributed by atoms with Crippen molar-refractivity contribution >= 4 is 23.0 Å². The largest absolute Gasteiger partial charge is 0.497 e. The molecule has 0 saturated heterocycles. The van der Waals surface area contributed by atoms with E-state index in [4.69, 9.17) is 21.7 Å². The quantitative estimate of drug-likeness (QED) is 0.235. The lowest BCUT2D eigenvalue weighted by atomic mass is 9.92. The van der Waals surface area contributed by atoms with Crippen LogP contribution in [0.25, 0.3) is 0 Å². The maximum atomic E-state index is 6.19. The van der Waals surface area contributed by atoms with Gasteiger partial charge in [-0.05, 0) is 102 Å². The lowest BCUT2D eigenvalue weighted by Crippen LogP contribution is -2.42. The van der Waals surface area contributed by atoms with Crippen LogP contribution in [0.5, 0.6) is 5.75 Å². The van der Waals surface area contributed by atoms with Crippen LogP contribution < -0.4 is 10.1 Å². The lowest BCUT2D eigenvalue weighted by Gasteiger charge is -2.36. The Hall–Kier alpha value is -1.37. The van der Waals surface area contributed by atoms with Crippen molar-refractivity contribution in [3.8, 4) is 5.75 Å². The van der Waals surface area contributed by atoms with Gasteiger partial charge in [0.1, 0.15) is 5.75 Å². The molecule has 1 aromatic carbocycles. The molecule has 2 rings (SSSR count). The van der Waals surface area contributed by atoms with E-state index in [1.165, 1.54) is 58.0 Å². The molecule has 1 fully saturated rings. The van der Waals surface area contributed by atoms with Crippen LogP contribution in [0.15, 0.2) is 24.3 Å². The smallest absolute Gasteiger partial charge is 0.173 e. The molecule has 0 bridgehead atoms. The molecule has 0 unspecified atom stereocenters. The molecule has 1 aromatic rings. The van der Waals surface area contributed by atoms with Gasteiger partial charge in [-0.15, -0.1) is 0 Å². The molecule has 1 N–H and O–H groups in total. The number of nitrogens with zero attached hydrogens (tertiary/aromatic N) is 2. The van der Waals surface area contributed by atoms with E-state index >= 15 is 0 Å². The van der Waals surface area contributed by atoms with Gasteiger partial charge in [-0.25, -0.2) is 0 Å². The molecular weight excluding hydrogens is 430 g/mol. The Morgan fingerprint density at radius 1 is 0.939 bits per heavy atom. The van der Waals surface area contributed by atoms with E-state index in [9.17, 15) is 0 Å². The van der Waals surface area contributed by atoms with E-state index < -0.39 is 0 Å². The third-order valence-corrected chi connectivity index (χ3v) is 7.17. The Labute approximate surface area is 208 Å². The molecule has 33 heavy (non-hydrogen) atoms. The molecule has 0 spiro atoms. The summed E-state index contributed by atoms with van der Waals surface area (Å²) in [6, 6.07) is 8.36. The van der Waals surface area contributed by atoms with E-state index in [1.807, 2.05) is 24.3 Å². The number of hydrogen-bond acceptors (Lipinski definition) is 4. The third-order valence-electron chi connectivity index (χ3n) is 6.78. The molecule has 1 aliphatic carbocycles. The van der Waals surface area contributed by atoms with Crippen LogP contribution in [0.1, 0.15) is 77.6 Å². The predicted octanol–water partition coefficient (Wildman–Crippen LogP) is 6.33. The van der Waals surface area contributed by atoms with Crippen LogP contribution in [0.3, 0.4) is 0 Å². The molecule has 0 radical (unpaired) electrons. The Morgan fingerprint density at radius 3 is 2.21 bits per heavy atom. The van der Waals surface area contributed by atoms with Gasteiger partial charge in [0.25, 0.3) is 0 Å². The van der Waals surface area contributed by atoms with Gasteiger partial charge in [-0.1, -0.05) is 32.6 Å². The van der Waals surface area contributed by atoms with Crippen LogP contribution in [0, 0.1) is 0 Å². The molecule has 0 aliphatic heterocycles. The summed E-state index contributed by atoms with van der Waals surface area (Å²) < 4.78 is 11.4. The number of hydrogen-bond donors (Lipinski definition) is 1. The van der Waals surface area contributed by atoms with Crippen molar-refractivity contribution in [1.29, 1.82) is 0 Å². The molecule has 1 aliphatic rings. The number of methoxy groups -OCH3 is 1. The first kappa shape index (κ1) is 27.9. The van der Waals surface area contributed by atoms with Crippen LogP contribution in [-0.2, 0) is 4.74 Å². The van der Waals surface area contributed by atoms with Crippen LogP contribution in [0.2, 0.25) is 0 Å². The maximum absolute atomic E-state index is 6.19. The van der Waals surface area contributed by atoms with E-state index in [1.54, 1.807) is 7.11 Å². The van der Waals surface area contributed by atoms with Crippen LogP contribution >= 0.6 is 12.2 Å². The van der Waals surface area contributed by atoms with Crippen LogP contribution in [0.4, 0.5) is 5.69 Å². The van der Waals surface area contributed by atoms with Gasteiger partial charge in [-0.3, -0.25) is 0 Å². The second-order valence-electron chi connectivity index (χ2n) is 9.50. The minimum atomic E-state index is 0.419. The van der Waals surface area contributed by atoms with Crippen molar-refractivity contribution in [3.63, 3.8) is 0 Å². The fraction of sp³-hybridized carbons (Fsp3) is 0.741. The van der Waals surface area contributed by atoms with Crippen molar-refractivity contribution in [2.75, 3.05) is 46.2 Å².